The Balaban J connectivity index is 2.22. The molecule has 2 rings (SSSR count). The van der Waals surface area contributed by atoms with E-state index in [0.717, 1.165) is 25.2 Å². The molecule has 0 amide bonds. The number of likely N-dealkylation sites (tertiary alicyclic amines) is 1. The van der Waals surface area contributed by atoms with Crippen LogP contribution in [0.4, 0.5) is 4.39 Å². The van der Waals surface area contributed by atoms with Gasteiger partial charge in [0.2, 0.25) is 0 Å². The highest BCUT2D eigenvalue weighted by Crippen LogP contribution is 2.35. The van der Waals surface area contributed by atoms with Crippen LogP contribution in [0.15, 0.2) is 18.2 Å². The van der Waals surface area contributed by atoms with Crippen LogP contribution in [-0.4, -0.2) is 31.6 Å². The van der Waals surface area contributed by atoms with Crippen molar-refractivity contribution in [3.05, 3.63) is 34.6 Å². The van der Waals surface area contributed by atoms with Crippen molar-refractivity contribution in [3.63, 3.8) is 0 Å². The number of nitrogens with one attached hydrogen (secondary N) is 1. The van der Waals surface area contributed by atoms with Gasteiger partial charge in [0.1, 0.15) is 5.82 Å². The molecule has 0 aromatic heterocycles. The normalized spacial score (nSPS) is 24.6. The van der Waals surface area contributed by atoms with Crippen LogP contribution in [-0.2, 0) is 0 Å². The highest BCUT2D eigenvalue weighted by molar-refractivity contribution is 6.30. The zero-order valence-corrected chi connectivity index (χ0v) is 12.4. The Morgan fingerprint density at radius 3 is 2.95 bits per heavy atom. The molecule has 1 aliphatic heterocycles. The molecule has 106 valence electrons. The van der Waals surface area contributed by atoms with Crippen LogP contribution >= 0.6 is 11.6 Å². The number of hydrogen-bond donors (Lipinski definition) is 1. The van der Waals surface area contributed by atoms with Gasteiger partial charge in [-0.2, -0.15) is 0 Å². The number of piperidine rings is 1. The summed E-state index contributed by atoms with van der Waals surface area (Å²) in [7, 11) is 2.12. The van der Waals surface area contributed by atoms with Gasteiger partial charge >= 0.3 is 0 Å². The zero-order valence-electron chi connectivity index (χ0n) is 11.6. The number of rotatable bonds is 4. The monoisotopic (exact) mass is 284 g/mol. The van der Waals surface area contributed by atoms with Crippen molar-refractivity contribution in [1.82, 2.24) is 10.2 Å². The minimum absolute atomic E-state index is 0.199. The summed E-state index contributed by atoms with van der Waals surface area (Å²) in [6, 6.07) is 5.49. The quantitative estimate of drug-likeness (QED) is 0.911. The highest BCUT2D eigenvalue weighted by Gasteiger charge is 2.30. The lowest BCUT2D eigenvalue weighted by Gasteiger charge is -2.39. The molecule has 1 fully saturated rings. The van der Waals surface area contributed by atoms with Crippen LogP contribution < -0.4 is 5.32 Å². The molecule has 1 aromatic rings. The van der Waals surface area contributed by atoms with E-state index in [9.17, 15) is 4.39 Å². The molecule has 4 heteroatoms. The molecule has 0 radical (unpaired) electrons. The van der Waals surface area contributed by atoms with Crippen LogP contribution in [0.5, 0.6) is 0 Å². The van der Waals surface area contributed by atoms with Crippen LogP contribution in [0.3, 0.4) is 0 Å². The van der Waals surface area contributed by atoms with Gasteiger partial charge in [0.15, 0.2) is 0 Å². The number of hydrogen-bond acceptors (Lipinski definition) is 2. The van der Waals surface area contributed by atoms with Crippen molar-refractivity contribution in [2.45, 2.75) is 25.8 Å². The lowest BCUT2D eigenvalue weighted by molar-refractivity contribution is 0.119. The molecule has 0 spiro atoms. The summed E-state index contributed by atoms with van der Waals surface area (Å²) >= 11 is 5.78. The zero-order chi connectivity index (χ0) is 13.8. The van der Waals surface area contributed by atoms with E-state index in [2.05, 4.69) is 24.2 Å². The Morgan fingerprint density at radius 1 is 1.47 bits per heavy atom. The molecular weight excluding hydrogens is 263 g/mol. The van der Waals surface area contributed by atoms with Crippen molar-refractivity contribution in [2.75, 3.05) is 26.7 Å². The van der Waals surface area contributed by atoms with Gasteiger partial charge in [0, 0.05) is 6.04 Å². The van der Waals surface area contributed by atoms with Gasteiger partial charge < -0.3 is 5.32 Å². The first kappa shape index (κ1) is 14.8. The Hall–Kier alpha value is -0.640. The lowest BCUT2D eigenvalue weighted by Crippen LogP contribution is -2.40. The van der Waals surface area contributed by atoms with Crippen molar-refractivity contribution >= 4 is 11.6 Å². The maximum Gasteiger partial charge on any atom is 0.142 e. The van der Waals surface area contributed by atoms with E-state index in [-0.39, 0.29) is 16.9 Å². The minimum atomic E-state index is -0.319. The molecule has 19 heavy (non-hydrogen) atoms. The van der Waals surface area contributed by atoms with Crippen LogP contribution in [0, 0.1) is 11.7 Å². The van der Waals surface area contributed by atoms with Crippen molar-refractivity contribution in [1.29, 1.82) is 0 Å². The first-order valence-corrected chi connectivity index (χ1v) is 7.37. The van der Waals surface area contributed by atoms with E-state index in [4.69, 9.17) is 11.6 Å². The third kappa shape index (κ3) is 3.47. The molecule has 2 atom stereocenters. The van der Waals surface area contributed by atoms with Gasteiger partial charge in [0.05, 0.1) is 5.02 Å². The minimum Gasteiger partial charge on any atom is -0.317 e. The molecule has 0 saturated carbocycles. The van der Waals surface area contributed by atoms with E-state index >= 15 is 0 Å². The van der Waals surface area contributed by atoms with Crippen molar-refractivity contribution in [3.8, 4) is 0 Å². The van der Waals surface area contributed by atoms with E-state index < -0.39 is 0 Å². The van der Waals surface area contributed by atoms with Gasteiger partial charge in [-0.25, -0.2) is 4.39 Å². The second kappa shape index (κ2) is 6.69. The smallest absolute Gasteiger partial charge is 0.142 e. The Labute approximate surface area is 119 Å². The molecule has 2 nitrogen and oxygen atoms in total. The van der Waals surface area contributed by atoms with Gasteiger partial charge in [-0.15, -0.1) is 0 Å². The van der Waals surface area contributed by atoms with Gasteiger partial charge in [-0.05, 0) is 63.1 Å². The SMILES string of the molecule is CCNCC1CCCN(C)C1c1ccc(Cl)c(F)c1. The average Bonchev–Trinajstić information content (AvgIpc) is 2.40. The Kier molecular flexibility index (Phi) is 5.20. The predicted octanol–water partition coefficient (Wildman–Crippen LogP) is 3.47. The Morgan fingerprint density at radius 2 is 2.26 bits per heavy atom. The molecule has 0 aliphatic carbocycles. The summed E-state index contributed by atoms with van der Waals surface area (Å²) in [5.74, 6) is 0.208. The van der Waals surface area contributed by atoms with Crippen molar-refractivity contribution in [2.24, 2.45) is 5.92 Å². The third-order valence-electron chi connectivity index (χ3n) is 3.95. The van der Waals surface area contributed by atoms with Gasteiger partial charge in [-0.1, -0.05) is 24.6 Å². The van der Waals surface area contributed by atoms with Gasteiger partial charge in [-0.3, -0.25) is 4.90 Å². The molecule has 1 aromatic carbocycles. The summed E-state index contributed by atoms with van der Waals surface area (Å²) in [4.78, 5) is 2.33. The van der Waals surface area contributed by atoms with E-state index in [1.165, 1.54) is 12.8 Å². The Bertz CT molecular complexity index is 425. The number of halogens is 2. The summed E-state index contributed by atoms with van der Waals surface area (Å²) in [5, 5.41) is 3.62. The number of nitrogens with zero attached hydrogens (tertiary/aromatic N) is 1. The second-order valence-electron chi connectivity index (χ2n) is 5.31. The number of benzene rings is 1. The molecule has 0 bridgehead atoms. The lowest BCUT2D eigenvalue weighted by atomic mass is 9.85. The molecule has 1 aliphatic rings. The average molecular weight is 285 g/mol. The van der Waals surface area contributed by atoms with Crippen LogP contribution in [0.25, 0.3) is 0 Å². The van der Waals surface area contributed by atoms with E-state index in [1.807, 2.05) is 6.07 Å². The topological polar surface area (TPSA) is 15.3 Å². The van der Waals surface area contributed by atoms with Crippen LogP contribution in [0.1, 0.15) is 31.4 Å². The highest BCUT2D eigenvalue weighted by atomic mass is 35.5. The molecule has 2 unspecified atom stereocenters. The van der Waals surface area contributed by atoms with E-state index in [1.54, 1.807) is 12.1 Å². The molecule has 1 saturated heterocycles. The maximum atomic E-state index is 13.7. The molecule has 1 heterocycles. The van der Waals surface area contributed by atoms with Crippen LogP contribution in [0.2, 0.25) is 5.02 Å². The predicted molar refractivity (Wildman–Crippen MR) is 78.0 cm³/mol. The molecular formula is C15H22ClFN2. The third-order valence-corrected chi connectivity index (χ3v) is 4.26. The fourth-order valence-electron chi connectivity index (χ4n) is 3.03. The fourth-order valence-corrected chi connectivity index (χ4v) is 3.14. The maximum absolute atomic E-state index is 13.7. The fraction of sp³-hybridized carbons (Fsp3) is 0.600. The first-order valence-electron chi connectivity index (χ1n) is 6.99. The second-order valence-corrected chi connectivity index (χ2v) is 5.72. The van der Waals surface area contributed by atoms with Gasteiger partial charge in [0.25, 0.3) is 0 Å². The summed E-state index contributed by atoms with van der Waals surface area (Å²) in [6.07, 6.45) is 2.39. The standard InChI is InChI=1S/C15H22ClFN2/c1-3-18-10-12-5-4-8-19(2)15(12)11-6-7-13(16)14(17)9-11/h6-7,9,12,15,18H,3-5,8,10H2,1-2H3. The largest absolute Gasteiger partial charge is 0.317 e. The van der Waals surface area contributed by atoms with E-state index in [0.29, 0.717) is 5.92 Å². The summed E-state index contributed by atoms with van der Waals surface area (Å²) < 4.78 is 13.7. The molecule has 1 N–H and O–H groups in total. The first-order chi connectivity index (χ1) is 9.13. The summed E-state index contributed by atoms with van der Waals surface area (Å²) in [5.41, 5.74) is 1.03. The van der Waals surface area contributed by atoms with Crippen molar-refractivity contribution < 1.29 is 4.39 Å². The summed E-state index contributed by atoms with van der Waals surface area (Å²) in [6.45, 7) is 5.14.